The zero-order valence-electron chi connectivity index (χ0n) is 14.1. The Morgan fingerprint density at radius 3 is 2.30 bits per heavy atom. The number of carboxylic acid groups (broad SMARTS) is 1. The van der Waals surface area contributed by atoms with Gasteiger partial charge in [0.1, 0.15) is 0 Å². The summed E-state index contributed by atoms with van der Waals surface area (Å²) in [6, 6.07) is 0. The van der Waals surface area contributed by atoms with Crippen LogP contribution in [0.2, 0.25) is 0 Å². The van der Waals surface area contributed by atoms with E-state index in [9.17, 15) is 19.5 Å². The highest BCUT2D eigenvalue weighted by Gasteiger charge is 2.38. The lowest BCUT2D eigenvalue weighted by molar-refractivity contribution is -0.149. The van der Waals surface area contributed by atoms with Crippen LogP contribution >= 0.6 is 0 Å². The number of nitrogens with zero attached hydrogens (tertiary/aromatic N) is 1. The van der Waals surface area contributed by atoms with Gasteiger partial charge in [-0.15, -0.1) is 0 Å². The molecule has 2 rings (SSSR count). The molecule has 1 unspecified atom stereocenters. The maximum Gasteiger partial charge on any atom is 0.311 e. The molecule has 1 saturated carbocycles. The van der Waals surface area contributed by atoms with Gasteiger partial charge in [-0.2, -0.15) is 0 Å². The van der Waals surface area contributed by atoms with E-state index >= 15 is 0 Å². The average Bonchev–Trinajstić information content (AvgIpc) is 3.40. The summed E-state index contributed by atoms with van der Waals surface area (Å²) in [4.78, 5) is 37.9. The van der Waals surface area contributed by atoms with Crippen LogP contribution in [0, 0.1) is 17.3 Å². The second kappa shape index (κ2) is 7.32. The van der Waals surface area contributed by atoms with E-state index in [4.69, 9.17) is 0 Å². The first-order valence-electron chi connectivity index (χ1n) is 8.73. The summed E-state index contributed by atoms with van der Waals surface area (Å²) >= 11 is 0. The average molecular weight is 324 g/mol. The molecule has 1 heterocycles. The Balaban J connectivity index is 1.89. The third kappa shape index (κ3) is 4.03. The van der Waals surface area contributed by atoms with E-state index in [-0.39, 0.29) is 30.2 Å². The van der Waals surface area contributed by atoms with Crippen molar-refractivity contribution in [1.29, 1.82) is 0 Å². The van der Waals surface area contributed by atoms with E-state index in [1.807, 2.05) is 18.7 Å². The molecule has 23 heavy (non-hydrogen) atoms. The van der Waals surface area contributed by atoms with Gasteiger partial charge in [-0.1, -0.05) is 13.8 Å². The number of hydrogen-bond donors (Lipinski definition) is 2. The number of hydrogen-bond acceptors (Lipinski definition) is 3. The Hall–Kier alpha value is -1.59. The van der Waals surface area contributed by atoms with Crippen molar-refractivity contribution >= 4 is 17.8 Å². The van der Waals surface area contributed by atoms with Crippen LogP contribution in [0.25, 0.3) is 0 Å². The molecule has 0 spiro atoms. The molecule has 2 amide bonds. The Kier molecular flexibility index (Phi) is 5.65. The topological polar surface area (TPSA) is 86.7 Å². The summed E-state index contributed by atoms with van der Waals surface area (Å²) in [6.07, 6.45) is 4.51. The maximum atomic E-state index is 12.4. The van der Waals surface area contributed by atoms with Crippen molar-refractivity contribution in [2.45, 2.75) is 52.4 Å². The van der Waals surface area contributed by atoms with Crippen molar-refractivity contribution in [3.05, 3.63) is 0 Å². The summed E-state index contributed by atoms with van der Waals surface area (Å²) in [5.41, 5.74) is -0.895. The number of rotatable bonds is 7. The summed E-state index contributed by atoms with van der Waals surface area (Å²) in [5, 5.41) is 12.2. The number of carbonyl (C=O) groups excluding carboxylic acids is 2. The second-order valence-corrected chi connectivity index (χ2v) is 6.91. The number of amides is 2. The van der Waals surface area contributed by atoms with E-state index in [0.717, 1.165) is 32.2 Å². The van der Waals surface area contributed by atoms with Gasteiger partial charge in [0.2, 0.25) is 11.8 Å². The number of aliphatic carboxylic acids is 1. The standard InChI is InChI=1S/C17H28N2O4/c1-3-17(4-2,16(22)23)11-18-14(20)13-6-5-9-19(10-13)15(21)12-7-8-12/h12-13H,3-11H2,1-2H3,(H,18,20)(H,22,23). The molecule has 1 aliphatic carbocycles. The molecule has 1 atom stereocenters. The van der Waals surface area contributed by atoms with Gasteiger partial charge in [0, 0.05) is 25.6 Å². The highest BCUT2D eigenvalue weighted by molar-refractivity contribution is 5.84. The van der Waals surface area contributed by atoms with Crippen molar-refractivity contribution in [3.63, 3.8) is 0 Å². The van der Waals surface area contributed by atoms with Crippen molar-refractivity contribution in [1.82, 2.24) is 10.2 Å². The predicted molar refractivity (Wildman–Crippen MR) is 85.7 cm³/mol. The van der Waals surface area contributed by atoms with Gasteiger partial charge in [-0.25, -0.2) is 0 Å². The predicted octanol–water partition coefficient (Wildman–Crippen LogP) is 1.64. The van der Waals surface area contributed by atoms with Gasteiger partial charge in [-0.3, -0.25) is 14.4 Å². The minimum absolute atomic E-state index is 0.120. The van der Waals surface area contributed by atoms with E-state index < -0.39 is 11.4 Å². The fraction of sp³-hybridized carbons (Fsp3) is 0.824. The number of piperidine rings is 1. The lowest BCUT2D eigenvalue weighted by Crippen LogP contribution is -2.49. The van der Waals surface area contributed by atoms with Crippen LogP contribution in [0.1, 0.15) is 52.4 Å². The lowest BCUT2D eigenvalue weighted by Gasteiger charge is -2.33. The molecule has 1 aliphatic heterocycles. The van der Waals surface area contributed by atoms with Gasteiger partial charge in [0.25, 0.3) is 0 Å². The Morgan fingerprint density at radius 2 is 1.78 bits per heavy atom. The minimum Gasteiger partial charge on any atom is -0.481 e. The SMILES string of the molecule is CCC(CC)(CNC(=O)C1CCCN(C(=O)C2CC2)C1)C(=O)O. The van der Waals surface area contributed by atoms with Crippen LogP contribution in [0.15, 0.2) is 0 Å². The van der Waals surface area contributed by atoms with E-state index in [0.29, 0.717) is 19.4 Å². The van der Waals surface area contributed by atoms with Crippen molar-refractivity contribution < 1.29 is 19.5 Å². The molecule has 130 valence electrons. The Bertz CT molecular complexity index is 469. The molecule has 0 aromatic carbocycles. The number of nitrogens with one attached hydrogen (secondary N) is 1. The first-order valence-corrected chi connectivity index (χ1v) is 8.73. The van der Waals surface area contributed by atoms with Crippen molar-refractivity contribution in [3.8, 4) is 0 Å². The minimum atomic E-state index is -0.895. The van der Waals surface area contributed by atoms with Crippen molar-refractivity contribution in [2.24, 2.45) is 17.3 Å². The van der Waals surface area contributed by atoms with E-state index in [1.54, 1.807) is 0 Å². The van der Waals surface area contributed by atoms with Crippen molar-refractivity contribution in [2.75, 3.05) is 19.6 Å². The molecule has 6 nitrogen and oxygen atoms in total. The highest BCUT2D eigenvalue weighted by atomic mass is 16.4. The quantitative estimate of drug-likeness (QED) is 0.745. The lowest BCUT2D eigenvalue weighted by atomic mass is 9.82. The van der Waals surface area contributed by atoms with Gasteiger partial charge in [0.05, 0.1) is 11.3 Å². The third-order valence-corrected chi connectivity index (χ3v) is 5.44. The summed E-state index contributed by atoms with van der Waals surface area (Å²) in [6.45, 7) is 5.03. The highest BCUT2D eigenvalue weighted by Crippen LogP contribution is 2.32. The molecule has 0 bridgehead atoms. The van der Waals surface area contributed by atoms with Gasteiger partial charge >= 0.3 is 5.97 Å². The van der Waals surface area contributed by atoms with Crippen LogP contribution in [-0.2, 0) is 14.4 Å². The number of carboxylic acids is 1. The molecule has 0 aromatic rings. The third-order valence-electron chi connectivity index (χ3n) is 5.44. The number of likely N-dealkylation sites (tertiary alicyclic amines) is 1. The van der Waals surface area contributed by atoms with Gasteiger partial charge < -0.3 is 15.3 Å². The number of carbonyl (C=O) groups is 3. The van der Waals surface area contributed by atoms with Crippen LogP contribution in [0.5, 0.6) is 0 Å². The zero-order valence-corrected chi connectivity index (χ0v) is 14.1. The molecule has 6 heteroatoms. The largest absolute Gasteiger partial charge is 0.481 e. The van der Waals surface area contributed by atoms with E-state index in [2.05, 4.69) is 5.32 Å². The molecule has 2 N–H and O–H groups in total. The van der Waals surface area contributed by atoms with Crippen LogP contribution in [0.4, 0.5) is 0 Å². The normalized spacial score (nSPS) is 21.8. The molecule has 2 fully saturated rings. The Morgan fingerprint density at radius 1 is 1.13 bits per heavy atom. The molecular weight excluding hydrogens is 296 g/mol. The molecular formula is C17H28N2O4. The van der Waals surface area contributed by atoms with Crippen LogP contribution < -0.4 is 5.32 Å². The smallest absolute Gasteiger partial charge is 0.311 e. The second-order valence-electron chi connectivity index (χ2n) is 6.91. The van der Waals surface area contributed by atoms with Gasteiger partial charge in [0.15, 0.2) is 0 Å². The molecule has 1 saturated heterocycles. The maximum absolute atomic E-state index is 12.4. The first-order chi connectivity index (χ1) is 10.9. The van der Waals surface area contributed by atoms with Crippen LogP contribution in [-0.4, -0.2) is 47.4 Å². The fourth-order valence-corrected chi connectivity index (χ4v) is 3.26. The Labute approximate surface area is 137 Å². The van der Waals surface area contributed by atoms with Gasteiger partial charge in [-0.05, 0) is 38.5 Å². The summed E-state index contributed by atoms with van der Waals surface area (Å²) in [5.74, 6) is -0.837. The summed E-state index contributed by atoms with van der Waals surface area (Å²) < 4.78 is 0. The van der Waals surface area contributed by atoms with Crippen LogP contribution in [0.3, 0.4) is 0 Å². The fourth-order valence-electron chi connectivity index (χ4n) is 3.26. The molecule has 0 aromatic heterocycles. The summed E-state index contributed by atoms with van der Waals surface area (Å²) in [7, 11) is 0. The van der Waals surface area contributed by atoms with E-state index in [1.165, 1.54) is 0 Å². The zero-order chi connectivity index (χ0) is 17.0. The monoisotopic (exact) mass is 324 g/mol. The molecule has 0 radical (unpaired) electrons. The first kappa shape index (κ1) is 17.8. The molecule has 2 aliphatic rings.